The van der Waals surface area contributed by atoms with Gasteiger partial charge in [-0.3, -0.25) is 0 Å². The minimum atomic E-state index is -0.935. The number of hydrogen-bond acceptors (Lipinski definition) is 1. The van der Waals surface area contributed by atoms with Gasteiger partial charge in [-0.1, -0.05) is 6.58 Å². The largest absolute Gasteiger partial charge is 0.478 e. The van der Waals surface area contributed by atoms with Crippen LogP contribution in [0.5, 0.6) is 0 Å². The van der Waals surface area contributed by atoms with Crippen LogP contribution in [-0.4, -0.2) is 29.9 Å². The maximum Gasteiger partial charge on any atom is 0.330 e. The number of carbonyl (C=O) groups is 1. The molecule has 0 spiro atoms. The molecule has 0 aliphatic rings. The van der Waals surface area contributed by atoms with Gasteiger partial charge in [0.2, 0.25) is 0 Å². The van der Waals surface area contributed by atoms with E-state index in [9.17, 15) is 4.79 Å². The molecule has 0 aromatic rings. The summed E-state index contributed by atoms with van der Waals surface area (Å²) in [7, 11) is 0. The van der Waals surface area contributed by atoms with Crippen LogP contribution in [0, 0.1) is 0 Å². The average molecular weight is 93.0 g/mol. The summed E-state index contributed by atoms with van der Waals surface area (Å²) in [5.41, 5.74) is 0.176. The van der Waals surface area contributed by atoms with Gasteiger partial charge in [-0.05, 0) is 6.92 Å². The van der Waals surface area contributed by atoms with E-state index in [1.807, 2.05) is 0 Å². The van der Waals surface area contributed by atoms with E-state index in [0.717, 1.165) is 0 Å². The van der Waals surface area contributed by atoms with Gasteiger partial charge in [0.25, 0.3) is 0 Å². The Morgan fingerprint density at radius 2 is 1.86 bits per heavy atom. The van der Waals surface area contributed by atoms with Crippen LogP contribution in [0.15, 0.2) is 12.2 Å². The Labute approximate surface area is 54.4 Å². The number of rotatable bonds is 1. The third kappa shape index (κ3) is 5.81. The molecule has 35 valence electrons. The molecule has 0 heterocycles. The normalized spacial score (nSPS) is 6.43. The summed E-state index contributed by atoms with van der Waals surface area (Å²) >= 11 is 0. The van der Waals surface area contributed by atoms with Crippen LogP contribution in [0.2, 0.25) is 0 Å². The molecule has 0 atom stereocenters. The third-order valence-electron chi connectivity index (χ3n) is 0.365. The van der Waals surface area contributed by atoms with Crippen LogP contribution in [0.4, 0.5) is 0 Å². The summed E-state index contributed by atoms with van der Waals surface area (Å²) in [4.78, 5) is 9.60. The molecule has 0 fully saturated rings. The van der Waals surface area contributed by atoms with Crippen molar-refractivity contribution in [1.29, 1.82) is 0 Å². The first-order chi connectivity index (χ1) is 2.64. The minimum Gasteiger partial charge on any atom is -0.478 e. The van der Waals surface area contributed by atoms with Gasteiger partial charge in [-0.15, -0.1) is 0 Å². The molecule has 0 aromatic heterocycles. The van der Waals surface area contributed by atoms with Crippen molar-refractivity contribution in [3.8, 4) is 0 Å². The first-order valence-corrected chi connectivity index (χ1v) is 1.53. The van der Waals surface area contributed by atoms with Gasteiger partial charge in [0.15, 0.2) is 0 Å². The SMILES string of the molecule is C=C(C)C(=O)O.[Li]. The molecule has 0 aromatic carbocycles. The number of carboxylic acids is 1. The Morgan fingerprint density at radius 3 is 1.86 bits per heavy atom. The van der Waals surface area contributed by atoms with E-state index in [-0.39, 0.29) is 24.4 Å². The Balaban J connectivity index is 0. The van der Waals surface area contributed by atoms with Crippen molar-refractivity contribution < 1.29 is 9.90 Å². The predicted octanol–water partition coefficient (Wildman–Crippen LogP) is 0.266. The fourth-order valence-corrected chi connectivity index (χ4v) is 0. The zero-order chi connectivity index (χ0) is 5.15. The average Bonchev–Trinajstić information content (AvgIpc) is 1.36. The van der Waals surface area contributed by atoms with Crippen LogP contribution in [-0.2, 0) is 4.79 Å². The molecule has 1 N–H and O–H groups in total. The summed E-state index contributed by atoms with van der Waals surface area (Å²) in [6, 6.07) is 0. The second-order valence-electron chi connectivity index (χ2n) is 1.09. The fraction of sp³-hybridized carbons (Fsp3) is 0.250. The zero-order valence-corrected chi connectivity index (χ0v) is 4.56. The molecule has 0 saturated carbocycles. The molecular weight excluding hydrogens is 87.0 g/mol. The first-order valence-electron chi connectivity index (χ1n) is 1.53. The summed E-state index contributed by atoms with van der Waals surface area (Å²) in [5, 5.41) is 7.89. The minimum absolute atomic E-state index is 0. The summed E-state index contributed by atoms with van der Waals surface area (Å²) < 4.78 is 0. The van der Waals surface area contributed by atoms with E-state index >= 15 is 0 Å². The molecule has 2 nitrogen and oxygen atoms in total. The molecule has 0 unspecified atom stereocenters. The van der Waals surface area contributed by atoms with Crippen LogP contribution >= 0.6 is 0 Å². The second-order valence-corrected chi connectivity index (χ2v) is 1.09. The molecule has 0 aliphatic heterocycles. The maximum absolute atomic E-state index is 9.60. The van der Waals surface area contributed by atoms with Crippen molar-refractivity contribution in [2.75, 3.05) is 0 Å². The third-order valence-corrected chi connectivity index (χ3v) is 0.365. The van der Waals surface area contributed by atoms with Gasteiger partial charge in [0, 0.05) is 24.4 Å². The van der Waals surface area contributed by atoms with Crippen molar-refractivity contribution in [1.82, 2.24) is 0 Å². The molecule has 7 heavy (non-hydrogen) atoms. The Bertz CT molecular complexity index is 75.7. The molecule has 0 saturated heterocycles. The van der Waals surface area contributed by atoms with E-state index in [1.54, 1.807) is 0 Å². The van der Waals surface area contributed by atoms with E-state index in [1.165, 1.54) is 6.92 Å². The van der Waals surface area contributed by atoms with Crippen molar-refractivity contribution in [3.05, 3.63) is 12.2 Å². The van der Waals surface area contributed by atoms with Gasteiger partial charge < -0.3 is 5.11 Å². The maximum atomic E-state index is 9.60. The zero-order valence-electron chi connectivity index (χ0n) is 4.56. The fourth-order valence-electron chi connectivity index (χ4n) is 0. The first kappa shape index (κ1) is 9.93. The van der Waals surface area contributed by atoms with E-state index < -0.39 is 5.97 Å². The predicted molar refractivity (Wildman–Crippen MR) is 28.2 cm³/mol. The molecule has 0 amide bonds. The molecule has 0 aliphatic carbocycles. The Hall–Kier alpha value is -0.193. The van der Waals surface area contributed by atoms with Crippen molar-refractivity contribution in [2.45, 2.75) is 6.92 Å². The quantitative estimate of drug-likeness (QED) is 0.373. The van der Waals surface area contributed by atoms with E-state index in [4.69, 9.17) is 5.11 Å². The number of hydrogen-bond donors (Lipinski definition) is 1. The van der Waals surface area contributed by atoms with Gasteiger partial charge in [0.1, 0.15) is 0 Å². The summed E-state index contributed by atoms with van der Waals surface area (Å²) in [6.45, 7) is 4.60. The van der Waals surface area contributed by atoms with Gasteiger partial charge in [-0.2, -0.15) is 0 Å². The standard InChI is InChI=1S/C4H6O2.Li/c1-3(2)4(5)6;/h1H2,2H3,(H,5,6);. The number of carboxylic acid groups (broad SMARTS) is 1. The van der Waals surface area contributed by atoms with Crippen LogP contribution in [0.25, 0.3) is 0 Å². The Kier molecular flexibility index (Phi) is 5.65. The molecule has 1 radical (unpaired) electrons. The topological polar surface area (TPSA) is 37.3 Å². The van der Waals surface area contributed by atoms with Crippen molar-refractivity contribution in [3.63, 3.8) is 0 Å². The molecular formula is C4H6LiO2. The summed E-state index contributed by atoms with van der Waals surface area (Å²) in [5.74, 6) is -0.935. The van der Waals surface area contributed by atoms with Gasteiger partial charge >= 0.3 is 5.97 Å². The number of aliphatic carboxylic acids is 1. The molecule has 0 bridgehead atoms. The molecule has 0 rings (SSSR count). The van der Waals surface area contributed by atoms with Crippen LogP contribution in [0.3, 0.4) is 0 Å². The summed E-state index contributed by atoms with van der Waals surface area (Å²) in [6.07, 6.45) is 0. The van der Waals surface area contributed by atoms with Crippen LogP contribution in [0.1, 0.15) is 6.92 Å². The Morgan fingerprint density at radius 1 is 1.71 bits per heavy atom. The second kappa shape index (κ2) is 3.98. The smallest absolute Gasteiger partial charge is 0.330 e. The van der Waals surface area contributed by atoms with Crippen LogP contribution < -0.4 is 0 Å². The van der Waals surface area contributed by atoms with Crippen molar-refractivity contribution in [2.24, 2.45) is 0 Å². The monoisotopic (exact) mass is 93.1 g/mol. The molecule has 3 heteroatoms. The van der Waals surface area contributed by atoms with Gasteiger partial charge in [0.05, 0.1) is 0 Å². The van der Waals surface area contributed by atoms with Gasteiger partial charge in [-0.25, -0.2) is 4.79 Å². The van der Waals surface area contributed by atoms with E-state index in [2.05, 4.69) is 6.58 Å². The van der Waals surface area contributed by atoms with E-state index in [0.29, 0.717) is 0 Å². The van der Waals surface area contributed by atoms with Crippen molar-refractivity contribution >= 4 is 24.8 Å².